The summed E-state index contributed by atoms with van der Waals surface area (Å²) in [4.78, 5) is 31.3. The molecule has 0 amide bonds. The molecule has 0 bridgehead atoms. The summed E-state index contributed by atoms with van der Waals surface area (Å²) < 4.78 is 5.68. The zero-order valence-corrected chi connectivity index (χ0v) is 18.8. The predicted octanol–water partition coefficient (Wildman–Crippen LogP) is 5.00. The second kappa shape index (κ2) is 8.73. The highest BCUT2D eigenvalue weighted by molar-refractivity contribution is 6.09. The number of nitrogens with zero attached hydrogens (tertiary/aromatic N) is 1. The van der Waals surface area contributed by atoms with Gasteiger partial charge in [0.1, 0.15) is 11.7 Å². The van der Waals surface area contributed by atoms with E-state index in [1.165, 1.54) is 0 Å². The van der Waals surface area contributed by atoms with Crippen molar-refractivity contribution in [2.24, 2.45) is 16.3 Å². The molecule has 2 atom stereocenters. The lowest BCUT2D eigenvalue weighted by molar-refractivity contribution is -0.146. The number of carbonyl (C=O) groups is 2. The molecule has 0 spiro atoms. The molecule has 1 unspecified atom stereocenters. The maximum atomic E-state index is 13.3. The molecular weight excluding hydrogens is 402 g/mol. The Hall–Kier alpha value is -3.21. The van der Waals surface area contributed by atoms with Gasteiger partial charge in [-0.3, -0.25) is 14.6 Å². The molecule has 0 radical (unpaired) electrons. The van der Waals surface area contributed by atoms with Gasteiger partial charge in [-0.2, -0.15) is 0 Å². The van der Waals surface area contributed by atoms with Crippen LogP contribution in [0.1, 0.15) is 50.7 Å². The van der Waals surface area contributed by atoms with E-state index in [1.54, 1.807) is 18.2 Å². The van der Waals surface area contributed by atoms with E-state index in [-0.39, 0.29) is 29.5 Å². The lowest BCUT2D eigenvalue weighted by atomic mass is 9.67. The van der Waals surface area contributed by atoms with Crippen LogP contribution in [-0.2, 0) is 20.7 Å². The number of esters is 1. The summed E-state index contributed by atoms with van der Waals surface area (Å²) in [6.45, 7) is 6.21. The largest absolute Gasteiger partial charge is 0.508 e. The first-order valence-electron chi connectivity index (χ1n) is 11.1. The molecule has 1 heterocycles. The first-order chi connectivity index (χ1) is 15.2. The SMILES string of the molecule is CC1=NC2=C(C(=O)CC(C)(C)C2)[C@H](c2cccc(O)c2)C1C(=O)OCCc1ccccc1. The molecule has 2 aromatic rings. The minimum Gasteiger partial charge on any atom is -0.508 e. The van der Waals surface area contributed by atoms with Gasteiger partial charge in [-0.05, 0) is 42.0 Å². The number of phenols is 1. The third-order valence-corrected chi connectivity index (χ3v) is 6.26. The van der Waals surface area contributed by atoms with Gasteiger partial charge in [0.2, 0.25) is 0 Å². The van der Waals surface area contributed by atoms with Gasteiger partial charge in [-0.25, -0.2) is 0 Å². The molecule has 1 aliphatic carbocycles. The average molecular weight is 432 g/mol. The quantitative estimate of drug-likeness (QED) is 0.676. The smallest absolute Gasteiger partial charge is 0.315 e. The van der Waals surface area contributed by atoms with Crippen LogP contribution in [0.3, 0.4) is 0 Å². The highest BCUT2D eigenvalue weighted by Crippen LogP contribution is 2.48. The first kappa shape index (κ1) is 22.0. The Kier molecular flexibility index (Phi) is 6.00. The second-order valence-electron chi connectivity index (χ2n) is 9.51. The molecule has 32 heavy (non-hydrogen) atoms. The maximum Gasteiger partial charge on any atom is 0.315 e. The molecule has 0 fully saturated rings. The third kappa shape index (κ3) is 4.52. The summed E-state index contributed by atoms with van der Waals surface area (Å²) in [6.07, 6.45) is 1.70. The molecule has 166 valence electrons. The fourth-order valence-electron chi connectivity index (χ4n) is 4.83. The number of aliphatic imine (C=N–C) groups is 1. The van der Waals surface area contributed by atoms with Crippen LogP contribution in [0.5, 0.6) is 5.75 Å². The normalized spacial score (nSPS) is 22.2. The Morgan fingerprint density at radius 2 is 1.88 bits per heavy atom. The van der Waals surface area contributed by atoms with Gasteiger partial charge in [0, 0.05) is 35.7 Å². The van der Waals surface area contributed by atoms with Crippen molar-refractivity contribution in [3.63, 3.8) is 0 Å². The van der Waals surface area contributed by atoms with Gasteiger partial charge in [-0.15, -0.1) is 0 Å². The Labute approximate surface area is 188 Å². The van der Waals surface area contributed by atoms with Gasteiger partial charge in [0.15, 0.2) is 5.78 Å². The summed E-state index contributed by atoms with van der Waals surface area (Å²) in [5, 5.41) is 10.1. The first-order valence-corrected chi connectivity index (χ1v) is 11.1. The van der Waals surface area contributed by atoms with E-state index in [0.717, 1.165) is 16.8 Å². The van der Waals surface area contributed by atoms with Crippen molar-refractivity contribution in [3.8, 4) is 5.75 Å². The van der Waals surface area contributed by atoms with E-state index in [1.807, 2.05) is 43.3 Å². The van der Waals surface area contributed by atoms with Crippen LogP contribution in [-0.4, -0.2) is 29.2 Å². The lowest BCUT2D eigenvalue weighted by Gasteiger charge is -2.39. The van der Waals surface area contributed by atoms with E-state index in [9.17, 15) is 14.7 Å². The van der Waals surface area contributed by atoms with Crippen molar-refractivity contribution in [1.82, 2.24) is 0 Å². The number of ether oxygens (including phenoxy) is 1. The maximum absolute atomic E-state index is 13.3. The number of allylic oxidation sites excluding steroid dienone is 2. The molecule has 2 aromatic carbocycles. The van der Waals surface area contributed by atoms with Gasteiger partial charge in [-0.1, -0.05) is 56.3 Å². The molecule has 5 heteroatoms. The summed E-state index contributed by atoms with van der Waals surface area (Å²) in [5.74, 6) is -1.48. The number of hydrogen-bond donors (Lipinski definition) is 1. The van der Waals surface area contributed by atoms with E-state index < -0.39 is 11.8 Å². The lowest BCUT2D eigenvalue weighted by Crippen LogP contribution is -2.39. The zero-order valence-electron chi connectivity index (χ0n) is 18.8. The van der Waals surface area contributed by atoms with Crippen LogP contribution >= 0.6 is 0 Å². The molecule has 1 N–H and O–H groups in total. The fraction of sp³-hybridized carbons (Fsp3) is 0.370. The van der Waals surface area contributed by atoms with Crippen molar-refractivity contribution >= 4 is 17.5 Å². The number of ketones is 1. The monoisotopic (exact) mass is 431 g/mol. The fourth-order valence-corrected chi connectivity index (χ4v) is 4.83. The highest BCUT2D eigenvalue weighted by atomic mass is 16.5. The Balaban J connectivity index is 1.66. The Bertz CT molecular complexity index is 1100. The van der Waals surface area contributed by atoms with Crippen LogP contribution < -0.4 is 0 Å². The predicted molar refractivity (Wildman–Crippen MR) is 124 cm³/mol. The van der Waals surface area contributed by atoms with Crippen LogP contribution in [0.25, 0.3) is 0 Å². The molecule has 5 nitrogen and oxygen atoms in total. The average Bonchev–Trinajstić information content (AvgIpc) is 2.72. The molecule has 0 saturated heterocycles. The summed E-state index contributed by atoms with van der Waals surface area (Å²) >= 11 is 0. The number of hydrogen-bond acceptors (Lipinski definition) is 5. The number of phenolic OH excluding ortho intramolecular Hbond substituents is 1. The standard InChI is InChI=1S/C27H29NO4/c1-17-23(26(31)32-13-12-18-8-5-4-6-9-18)24(19-10-7-11-20(29)14-19)25-21(28-17)15-27(2,3)16-22(25)30/h4-11,14,23-24,29H,12-13,15-16H2,1-3H3/t23?,24-/m1/s1. The minimum absolute atomic E-state index is 0.0166. The molecule has 2 aliphatic rings. The van der Waals surface area contributed by atoms with Crippen LogP contribution in [0.15, 0.2) is 70.9 Å². The zero-order chi connectivity index (χ0) is 22.9. The number of carbonyl (C=O) groups excluding carboxylic acids is 2. The van der Waals surface area contributed by atoms with Gasteiger partial charge in [0.05, 0.1) is 6.61 Å². The van der Waals surface area contributed by atoms with Crippen molar-refractivity contribution in [2.45, 2.75) is 46.0 Å². The third-order valence-electron chi connectivity index (χ3n) is 6.26. The van der Waals surface area contributed by atoms with E-state index in [0.29, 0.717) is 30.5 Å². The van der Waals surface area contributed by atoms with Gasteiger partial charge >= 0.3 is 5.97 Å². The van der Waals surface area contributed by atoms with E-state index in [2.05, 4.69) is 13.8 Å². The number of Topliss-reactive ketones (excluding diaryl/α,β-unsaturated/α-hetero) is 1. The number of benzene rings is 2. The van der Waals surface area contributed by atoms with Crippen molar-refractivity contribution in [3.05, 3.63) is 77.0 Å². The number of aromatic hydroxyl groups is 1. The van der Waals surface area contributed by atoms with Gasteiger partial charge < -0.3 is 9.84 Å². The summed E-state index contributed by atoms with van der Waals surface area (Å²) in [5.41, 5.74) is 3.63. The minimum atomic E-state index is -0.698. The molecule has 1 aliphatic heterocycles. The van der Waals surface area contributed by atoms with Crippen molar-refractivity contribution in [1.29, 1.82) is 0 Å². The number of rotatable bonds is 5. The van der Waals surface area contributed by atoms with Crippen molar-refractivity contribution in [2.75, 3.05) is 6.61 Å². The van der Waals surface area contributed by atoms with Crippen LogP contribution in [0.4, 0.5) is 0 Å². The van der Waals surface area contributed by atoms with Crippen molar-refractivity contribution < 1.29 is 19.4 Å². The summed E-state index contributed by atoms with van der Waals surface area (Å²) in [6, 6.07) is 16.7. The highest BCUT2D eigenvalue weighted by Gasteiger charge is 2.46. The van der Waals surface area contributed by atoms with E-state index in [4.69, 9.17) is 9.73 Å². The Morgan fingerprint density at radius 1 is 1.12 bits per heavy atom. The molecule has 0 saturated carbocycles. The Morgan fingerprint density at radius 3 is 2.59 bits per heavy atom. The van der Waals surface area contributed by atoms with E-state index >= 15 is 0 Å². The molecule has 0 aromatic heterocycles. The van der Waals surface area contributed by atoms with Crippen LogP contribution in [0.2, 0.25) is 0 Å². The molecule has 4 rings (SSSR count). The molecular formula is C27H29NO4. The summed E-state index contributed by atoms with van der Waals surface area (Å²) in [7, 11) is 0. The van der Waals surface area contributed by atoms with Crippen LogP contribution in [0, 0.1) is 11.3 Å². The second-order valence-corrected chi connectivity index (χ2v) is 9.51. The van der Waals surface area contributed by atoms with Gasteiger partial charge in [0.25, 0.3) is 0 Å². The topological polar surface area (TPSA) is 76.0 Å².